The van der Waals surface area contributed by atoms with E-state index in [4.69, 9.17) is 11.5 Å². The molecular formula is C12H15N5. The summed E-state index contributed by atoms with van der Waals surface area (Å²) in [6.07, 6.45) is 2.31. The lowest BCUT2D eigenvalue weighted by molar-refractivity contribution is 1.00. The maximum absolute atomic E-state index is 5.75. The fourth-order valence-corrected chi connectivity index (χ4v) is 1.52. The van der Waals surface area contributed by atoms with Gasteiger partial charge in [0.2, 0.25) is 0 Å². The van der Waals surface area contributed by atoms with E-state index in [0.717, 1.165) is 13.0 Å². The minimum atomic E-state index is 0.308. The van der Waals surface area contributed by atoms with Crippen LogP contribution in [0.5, 0.6) is 0 Å². The largest absolute Gasteiger partial charge is 0.393 e. The van der Waals surface area contributed by atoms with Crippen molar-refractivity contribution >= 4 is 17.3 Å². The van der Waals surface area contributed by atoms with Crippen molar-refractivity contribution in [2.24, 2.45) is 0 Å². The molecule has 0 aliphatic rings. The summed E-state index contributed by atoms with van der Waals surface area (Å²) in [5.41, 5.74) is 13.0. The first-order valence-corrected chi connectivity index (χ1v) is 5.41. The summed E-state index contributed by atoms with van der Waals surface area (Å²) in [5, 5.41) is 3.15. The highest BCUT2D eigenvalue weighted by atomic mass is 15.1. The first-order valence-electron chi connectivity index (χ1n) is 5.41. The Morgan fingerprint density at radius 1 is 1.06 bits per heavy atom. The molecule has 1 aromatic heterocycles. The van der Waals surface area contributed by atoms with Crippen LogP contribution in [0, 0.1) is 0 Å². The highest BCUT2D eigenvalue weighted by Crippen LogP contribution is 2.18. The Kier molecular flexibility index (Phi) is 3.40. The number of nitrogens with zero attached hydrogens (tertiary/aromatic N) is 2. The van der Waals surface area contributed by atoms with Crippen LogP contribution in [0.3, 0.4) is 0 Å². The highest BCUT2D eigenvalue weighted by Gasteiger charge is 2.03. The first-order chi connectivity index (χ1) is 8.27. The molecular weight excluding hydrogens is 214 g/mol. The van der Waals surface area contributed by atoms with Gasteiger partial charge < -0.3 is 16.8 Å². The summed E-state index contributed by atoms with van der Waals surface area (Å²) in [6.45, 7) is 0.755. The van der Waals surface area contributed by atoms with Crippen LogP contribution in [0.25, 0.3) is 0 Å². The molecule has 0 saturated heterocycles. The summed E-state index contributed by atoms with van der Waals surface area (Å²) in [4.78, 5) is 7.85. The van der Waals surface area contributed by atoms with E-state index in [1.165, 1.54) is 11.9 Å². The van der Waals surface area contributed by atoms with E-state index < -0.39 is 0 Å². The molecule has 2 rings (SSSR count). The van der Waals surface area contributed by atoms with Gasteiger partial charge >= 0.3 is 0 Å². The highest BCUT2D eigenvalue weighted by molar-refractivity contribution is 5.72. The van der Waals surface area contributed by atoms with E-state index >= 15 is 0 Å². The zero-order valence-electron chi connectivity index (χ0n) is 9.43. The molecule has 0 atom stereocenters. The Bertz CT molecular complexity index is 484. The second kappa shape index (κ2) is 5.16. The molecule has 5 nitrogen and oxygen atoms in total. The molecule has 88 valence electrons. The first kappa shape index (κ1) is 11.2. The molecule has 5 heteroatoms. The summed E-state index contributed by atoms with van der Waals surface area (Å²) in [5.74, 6) is 0.899. The van der Waals surface area contributed by atoms with Gasteiger partial charge in [-0.1, -0.05) is 30.3 Å². The topological polar surface area (TPSA) is 89.8 Å². The van der Waals surface area contributed by atoms with Crippen LogP contribution in [-0.2, 0) is 6.42 Å². The van der Waals surface area contributed by atoms with Gasteiger partial charge in [0, 0.05) is 6.54 Å². The number of benzene rings is 1. The summed E-state index contributed by atoms with van der Waals surface area (Å²) < 4.78 is 0. The van der Waals surface area contributed by atoms with Crippen molar-refractivity contribution < 1.29 is 0 Å². The fraction of sp³-hybridized carbons (Fsp3) is 0.167. The Balaban J connectivity index is 1.93. The second-order valence-corrected chi connectivity index (χ2v) is 3.68. The van der Waals surface area contributed by atoms with Gasteiger partial charge in [0.1, 0.15) is 12.0 Å². The van der Waals surface area contributed by atoms with Crippen LogP contribution >= 0.6 is 0 Å². The van der Waals surface area contributed by atoms with Gasteiger partial charge in [-0.25, -0.2) is 9.97 Å². The molecule has 17 heavy (non-hydrogen) atoms. The molecule has 0 spiro atoms. The van der Waals surface area contributed by atoms with Gasteiger partial charge in [-0.15, -0.1) is 0 Å². The normalized spacial score (nSPS) is 10.1. The van der Waals surface area contributed by atoms with Crippen molar-refractivity contribution in [3.63, 3.8) is 0 Å². The van der Waals surface area contributed by atoms with Crippen LogP contribution in [0.2, 0.25) is 0 Å². The quantitative estimate of drug-likeness (QED) is 0.735. The predicted octanol–water partition coefficient (Wildman–Crippen LogP) is 1.30. The molecule has 0 radical (unpaired) electrons. The maximum Gasteiger partial charge on any atom is 0.154 e. The van der Waals surface area contributed by atoms with Crippen LogP contribution in [0.4, 0.5) is 17.3 Å². The number of nitrogens with two attached hydrogens (primary N) is 2. The van der Waals surface area contributed by atoms with Gasteiger partial charge in [-0.3, -0.25) is 0 Å². The number of hydrogen-bond donors (Lipinski definition) is 3. The lowest BCUT2D eigenvalue weighted by atomic mass is 10.1. The Morgan fingerprint density at radius 2 is 1.82 bits per heavy atom. The minimum Gasteiger partial charge on any atom is -0.393 e. The standard InChI is InChI=1S/C12H15N5/c13-10-11(14)16-8-17-12(10)15-7-6-9-4-2-1-3-5-9/h1-5,8H,6-7,13H2,(H3,14,15,16,17). The Labute approximate surface area is 99.9 Å². The Hall–Kier alpha value is -2.30. The average molecular weight is 229 g/mol. The number of aromatic nitrogens is 2. The lowest BCUT2D eigenvalue weighted by Gasteiger charge is -2.08. The van der Waals surface area contributed by atoms with Crippen LogP contribution in [0.1, 0.15) is 5.56 Å². The molecule has 1 aromatic carbocycles. The van der Waals surface area contributed by atoms with Crippen molar-refractivity contribution in [1.29, 1.82) is 0 Å². The smallest absolute Gasteiger partial charge is 0.154 e. The SMILES string of the molecule is Nc1ncnc(NCCc2ccccc2)c1N. The van der Waals surface area contributed by atoms with Crippen molar-refractivity contribution in [3.05, 3.63) is 42.2 Å². The van der Waals surface area contributed by atoms with Crippen LogP contribution < -0.4 is 16.8 Å². The Morgan fingerprint density at radius 3 is 2.59 bits per heavy atom. The summed E-state index contributed by atoms with van der Waals surface area (Å²) >= 11 is 0. The second-order valence-electron chi connectivity index (χ2n) is 3.68. The lowest BCUT2D eigenvalue weighted by Crippen LogP contribution is -2.10. The van der Waals surface area contributed by atoms with E-state index in [1.807, 2.05) is 18.2 Å². The zero-order chi connectivity index (χ0) is 12.1. The molecule has 5 N–H and O–H groups in total. The van der Waals surface area contributed by atoms with Crippen molar-refractivity contribution in [2.45, 2.75) is 6.42 Å². The molecule has 0 aliphatic carbocycles. The van der Waals surface area contributed by atoms with Gasteiger partial charge in [0.25, 0.3) is 0 Å². The van der Waals surface area contributed by atoms with E-state index in [1.54, 1.807) is 0 Å². The minimum absolute atomic E-state index is 0.308. The number of nitrogens with one attached hydrogen (secondary N) is 1. The molecule has 0 bridgehead atoms. The van der Waals surface area contributed by atoms with Gasteiger partial charge in [-0.2, -0.15) is 0 Å². The summed E-state index contributed by atoms with van der Waals surface area (Å²) in [6, 6.07) is 10.2. The number of nitrogen functional groups attached to an aromatic ring is 2. The average Bonchev–Trinajstić information content (AvgIpc) is 2.36. The third-order valence-corrected chi connectivity index (χ3v) is 2.46. The molecule has 2 aromatic rings. The number of anilines is 3. The third-order valence-electron chi connectivity index (χ3n) is 2.46. The molecule has 0 amide bonds. The van der Waals surface area contributed by atoms with Crippen LogP contribution in [-0.4, -0.2) is 16.5 Å². The zero-order valence-corrected chi connectivity index (χ0v) is 9.43. The molecule has 0 fully saturated rings. The van der Waals surface area contributed by atoms with Crippen molar-refractivity contribution in [1.82, 2.24) is 9.97 Å². The molecule has 0 unspecified atom stereocenters. The van der Waals surface area contributed by atoms with E-state index in [-0.39, 0.29) is 0 Å². The van der Waals surface area contributed by atoms with Gasteiger partial charge in [-0.05, 0) is 12.0 Å². The molecule has 0 aliphatic heterocycles. The van der Waals surface area contributed by atoms with Gasteiger partial charge in [0.15, 0.2) is 11.6 Å². The third kappa shape index (κ3) is 2.84. The summed E-state index contributed by atoms with van der Waals surface area (Å²) in [7, 11) is 0. The van der Waals surface area contributed by atoms with Crippen molar-refractivity contribution in [2.75, 3.05) is 23.3 Å². The van der Waals surface area contributed by atoms with E-state index in [2.05, 4.69) is 27.4 Å². The fourth-order valence-electron chi connectivity index (χ4n) is 1.52. The number of rotatable bonds is 4. The van der Waals surface area contributed by atoms with E-state index in [9.17, 15) is 0 Å². The van der Waals surface area contributed by atoms with E-state index in [0.29, 0.717) is 17.3 Å². The van der Waals surface area contributed by atoms with Crippen molar-refractivity contribution in [3.8, 4) is 0 Å². The maximum atomic E-state index is 5.75. The molecule has 1 heterocycles. The monoisotopic (exact) mass is 229 g/mol. The molecule has 0 saturated carbocycles. The van der Waals surface area contributed by atoms with Crippen LogP contribution in [0.15, 0.2) is 36.7 Å². The van der Waals surface area contributed by atoms with Gasteiger partial charge in [0.05, 0.1) is 0 Å². The number of hydrogen-bond acceptors (Lipinski definition) is 5. The predicted molar refractivity (Wildman–Crippen MR) is 69.5 cm³/mol.